The number of benzene rings is 2. The summed E-state index contributed by atoms with van der Waals surface area (Å²) in [7, 11) is 0. The van der Waals surface area contributed by atoms with Gasteiger partial charge in [0.25, 0.3) is 5.69 Å². The smallest absolute Gasteiger partial charge is 0.272 e. The number of pyridine rings is 1. The number of nitro benzene ring substituents is 1. The molecule has 0 bridgehead atoms. The van der Waals surface area contributed by atoms with E-state index in [1.807, 2.05) is 18.2 Å². The molecule has 0 amide bonds. The average molecular weight is 394 g/mol. The lowest BCUT2D eigenvalue weighted by Gasteiger charge is -2.07. The first kappa shape index (κ1) is 18.1. The number of nitrogens with zero attached hydrogens (tertiary/aromatic N) is 2. The van der Waals surface area contributed by atoms with Crippen LogP contribution >= 0.6 is 11.3 Å². The summed E-state index contributed by atoms with van der Waals surface area (Å²) in [5, 5.41) is 10.8. The third-order valence-electron chi connectivity index (χ3n) is 4.34. The Morgan fingerprint density at radius 3 is 2.75 bits per heavy atom. The fraction of sp³-hybridized carbons (Fsp3) is 0.0952. The Labute approximate surface area is 164 Å². The highest BCUT2D eigenvalue weighted by Gasteiger charge is 2.15. The number of ether oxygens (including phenoxy) is 1. The van der Waals surface area contributed by atoms with Crippen molar-refractivity contribution in [2.24, 2.45) is 0 Å². The Bertz CT molecular complexity index is 1190. The number of aryl methyl sites for hydroxylation is 1. The quantitative estimate of drug-likeness (QED) is 0.292. The van der Waals surface area contributed by atoms with Crippen LogP contribution in [0.3, 0.4) is 0 Å². The lowest BCUT2D eigenvalue weighted by Crippen LogP contribution is -1.92. The van der Waals surface area contributed by atoms with Crippen LogP contribution in [-0.2, 0) is 6.42 Å². The number of thiophene rings is 1. The van der Waals surface area contributed by atoms with Gasteiger partial charge in [0.2, 0.25) is 0 Å². The summed E-state index contributed by atoms with van der Waals surface area (Å²) in [6.45, 7) is 2.11. The maximum Gasteiger partial charge on any atom is 0.272 e. The van der Waals surface area contributed by atoms with Crippen molar-refractivity contribution in [1.29, 1.82) is 0 Å². The summed E-state index contributed by atoms with van der Waals surface area (Å²) in [5.74, 6) is -0.395. The summed E-state index contributed by atoms with van der Waals surface area (Å²) >= 11 is 1.51. The molecule has 4 aromatic rings. The Hall–Kier alpha value is -3.32. The molecule has 28 heavy (non-hydrogen) atoms. The molecule has 0 atom stereocenters. The Morgan fingerprint density at radius 1 is 1.14 bits per heavy atom. The summed E-state index contributed by atoms with van der Waals surface area (Å²) < 4.78 is 20.7. The second-order valence-corrected chi connectivity index (χ2v) is 7.21. The highest BCUT2D eigenvalue weighted by Crippen LogP contribution is 2.40. The van der Waals surface area contributed by atoms with Crippen molar-refractivity contribution in [1.82, 2.24) is 4.98 Å². The maximum atomic E-state index is 14.2. The average Bonchev–Trinajstić information content (AvgIpc) is 3.15. The molecule has 0 spiro atoms. The predicted molar refractivity (Wildman–Crippen MR) is 108 cm³/mol. The molecule has 5 nitrogen and oxygen atoms in total. The predicted octanol–water partition coefficient (Wildman–Crippen LogP) is 6.37. The van der Waals surface area contributed by atoms with Crippen LogP contribution in [0.25, 0.3) is 20.7 Å². The van der Waals surface area contributed by atoms with Gasteiger partial charge in [-0.25, -0.2) is 4.39 Å². The molecule has 0 radical (unpaired) electrons. The SMILES string of the molecule is CCc1cccc(-c2cc3nccc(Oc4ccc([N+](=O)[O-])cc4F)c3s2)c1. The Kier molecular flexibility index (Phi) is 4.75. The van der Waals surface area contributed by atoms with Gasteiger partial charge in [-0.15, -0.1) is 11.3 Å². The van der Waals surface area contributed by atoms with E-state index < -0.39 is 10.7 Å². The van der Waals surface area contributed by atoms with Crippen molar-refractivity contribution < 1.29 is 14.1 Å². The first-order chi connectivity index (χ1) is 13.5. The lowest BCUT2D eigenvalue weighted by atomic mass is 10.1. The van der Waals surface area contributed by atoms with E-state index >= 15 is 0 Å². The van der Waals surface area contributed by atoms with E-state index in [0.29, 0.717) is 5.75 Å². The molecule has 0 unspecified atom stereocenters. The van der Waals surface area contributed by atoms with Crippen LogP contribution in [0.5, 0.6) is 11.5 Å². The zero-order chi connectivity index (χ0) is 19.7. The second kappa shape index (κ2) is 7.36. The Morgan fingerprint density at radius 2 is 2.00 bits per heavy atom. The van der Waals surface area contributed by atoms with Crippen LogP contribution in [0.4, 0.5) is 10.1 Å². The number of nitro groups is 1. The first-order valence-electron chi connectivity index (χ1n) is 8.65. The molecule has 2 heterocycles. The number of fused-ring (bicyclic) bond motifs is 1. The molecule has 2 aromatic carbocycles. The van der Waals surface area contributed by atoms with E-state index in [1.54, 1.807) is 12.3 Å². The molecule has 0 saturated heterocycles. The molecule has 0 fully saturated rings. The standard InChI is InChI=1S/C21H15FN2O3S/c1-2-13-4-3-5-14(10-13)20-12-17-21(28-20)19(8-9-23-17)27-18-7-6-15(24(25)26)11-16(18)22/h3-12H,2H2,1H3. The minimum atomic E-state index is -0.786. The Balaban J connectivity index is 1.72. The van der Waals surface area contributed by atoms with E-state index in [1.165, 1.54) is 29.0 Å². The van der Waals surface area contributed by atoms with Gasteiger partial charge in [-0.2, -0.15) is 0 Å². The molecular formula is C21H15FN2O3S. The zero-order valence-corrected chi connectivity index (χ0v) is 15.7. The number of halogens is 1. The lowest BCUT2D eigenvalue weighted by molar-refractivity contribution is -0.385. The zero-order valence-electron chi connectivity index (χ0n) is 14.9. The summed E-state index contributed by atoms with van der Waals surface area (Å²) in [6.07, 6.45) is 2.55. The number of aromatic nitrogens is 1. The van der Waals surface area contributed by atoms with Crippen LogP contribution in [0.15, 0.2) is 60.8 Å². The van der Waals surface area contributed by atoms with Crippen LogP contribution in [0.1, 0.15) is 12.5 Å². The second-order valence-electron chi connectivity index (χ2n) is 6.16. The van der Waals surface area contributed by atoms with Gasteiger partial charge in [0.1, 0.15) is 5.75 Å². The minimum Gasteiger partial charge on any atom is -0.453 e. The first-order valence-corrected chi connectivity index (χ1v) is 9.46. The van der Waals surface area contributed by atoms with Gasteiger partial charge in [-0.3, -0.25) is 15.1 Å². The van der Waals surface area contributed by atoms with Crippen LogP contribution in [-0.4, -0.2) is 9.91 Å². The van der Waals surface area contributed by atoms with Crippen LogP contribution in [0, 0.1) is 15.9 Å². The van der Waals surface area contributed by atoms with E-state index in [-0.39, 0.29) is 11.4 Å². The number of hydrogen-bond acceptors (Lipinski definition) is 5. The largest absolute Gasteiger partial charge is 0.453 e. The number of hydrogen-bond donors (Lipinski definition) is 0. The molecule has 2 aromatic heterocycles. The van der Waals surface area contributed by atoms with Crippen molar-refractivity contribution in [2.75, 3.05) is 0 Å². The molecule has 0 aliphatic rings. The van der Waals surface area contributed by atoms with E-state index in [9.17, 15) is 14.5 Å². The summed E-state index contributed by atoms with van der Waals surface area (Å²) in [5.41, 5.74) is 2.77. The fourth-order valence-electron chi connectivity index (χ4n) is 2.89. The van der Waals surface area contributed by atoms with E-state index in [2.05, 4.69) is 24.0 Å². The van der Waals surface area contributed by atoms with Crippen molar-refractivity contribution in [3.8, 4) is 21.9 Å². The third kappa shape index (κ3) is 3.44. The van der Waals surface area contributed by atoms with Gasteiger partial charge in [0.15, 0.2) is 11.6 Å². The van der Waals surface area contributed by atoms with Crippen molar-refractivity contribution in [2.45, 2.75) is 13.3 Å². The summed E-state index contributed by atoms with van der Waals surface area (Å²) in [6, 6.07) is 15.3. The van der Waals surface area contributed by atoms with Crippen molar-refractivity contribution in [3.05, 3.63) is 82.3 Å². The van der Waals surface area contributed by atoms with Crippen LogP contribution in [0.2, 0.25) is 0 Å². The molecule has 0 N–H and O–H groups in total. The fourth-order valence-corrected chi connectivity index (χ4v) is 3.95. The number of non-ortho nitro benzene ring substituents is 1. The molecule has 7 heteroatoms. The topological polar surface area (TPSA) is 65.3 Å². The minimum absolute atomic E-state index is 0.0685. The molecule has 140 valence electrons. The van der Waals surface area contributed by atoms with Crippen LogP contribution < -0.4 is 4.74 Å². The van der Waals surface area contributed by atoms with Gasteiger partial charge in [-0.05, 0) is 29.7 Å². The summed E-state index contributed by atoms with van der Waals surface area (Å²) in [4.78, 5) is 15.5. The van der Waals surface area contributed by atoms with E-state index in [4.69, 9.17) is 4.74 Å². The normalized spacial score (nSPS) is 10.9. The monoisotopic (exact) mass is 394 g/mol. The van der Waals surface area contributed by atoms with Crippen molar-refractivity contribution >= 4 is 27.2 Å². The number of rotatable bonds is 5. The van der Waals surface area contributed by atoms with Gasteiger partial charge in [0.05, 0.1) is 21.2 Å². The van der Waals surface area contributed by atoms with Gasteiger partial charge >= 0.3 is 0 Å². The molecule has 0 saturated carbocycles. The van der Waals surface area contributed by atoms with Crippen molar-refractivity contribution in [3.63, 3.8) is 0 Å². The highest BCUT2D eigenvalue weighted by atomic mass is 32.1. The van der Waals surface area contributed by atoms with Gasteiger partial charge < -0.3 is 4.74 Å². The molecular weight excluding hydrogens is 379 g/mol. The highest BCUT2D eigenvalue weighted by molar-refractivity contribution is 7.22. The maximum absolute atomic E-state index is 14.2. The van der Waals surface area contributed by atoms with Gasteiger partial charge in [-0.1, -0.05) is 31.2 Å². The molecule has 0 aliphatic carbocycles. The molecule has 0 aliphatic heterocycles. The van der Waals surface area contributed by atoms with E-state index in [0.717, 1.165) is 33.1 Å². The molecule has 4 rings (SSSR count). The third-order valence-corrected chi connectivity index (χ3v) is 5.53. The van der Waals surface area contributed by atoms with Gasteiger partial charge in [0, 0.05) is 23.2 Å².